The number of nitrogens with zero attached hydrogens (tertiary/aromatic N) is 2. The summed E-state index contributed by atoms with van der Waals surface area (Å²) in [5.74, 6) is -1.13. The summed E-state index contributed by atoms with van der Waals surface area (Å²) in [5.41, 5.74) is 1.22. The predicted octanol–water partition coefficient (Wildman–Crippen LogP) is 2.82. The van der Waals surface area contributed by atoms with Crippen LogP contribution in [0.5, 0.6) is 0 Å². The smallest absolute Gasteiger partial charge is 0.326 e. The minimum atomic E-state index is -3.71. The van der Waals surface area contributed by atoms with Crippen LogP contribution in [-0.4, -0.2) is 46.9 Å². The Hall–Kier alpha value is -3.49. The van der Waals surface area contributed by atoms with Gasteiger partial charge in [-0.15, -0.1) is 0 Å². The van der Waals surface area contributed by atoms with Crippen molar-refractivity contribution in [1.29, 1.82) is 5.26 Å². The molecule has 0 unspecified atom stereocenters. The van der Waals surface area contributed by atoms with Gasteiger partial charge < -0.3 is 10.1 Å². The third-order valence-electron chi connectivity index (χ3n) is 4.29. The number of ether oxygens (including phenoxy) is 1. The van der Waals surface area contributed by atoms with Crippen LogP contribution < -0.4 is 10.2 Å². The average Bonchev–Trinajstić information content (AvgIpc) is 2.75. The number of halogens is 1. The van der Waals surface area contributed by atoms with Gasteiger partial charge in [0.25, 0.3) is 10.1 Å². The molecule has 9 nitrogen and oxygen atoms in total. The topological polar surface area (TPSA) is 126 Å². The van der Waals surface area contributed by atoms with E-state index in [0.717, 1.165) is 17.9 Å². The molecular weight excluding hydrogens is 441 g/mol. The monoisotopic (exact) mass is 463 g/mol. The third-order valence-corrected chi connectivity index (χ3v) is 4.89. The van der Waals surface area contributed by atoms with Crippen molar-refractivity contribution >= 4 is 33.5 Å². The Kier molecular flexibility index (Phi) is 8.69. The molecule has 2 aromatic rings. The van der Waals surface area contributed by atoms with Gasteiger partial charge in [-0.1, -0.05) is 12.1 Å². The zero-order chi connectivity index (χ0) is 23.7. The summed E-state index contributed by atoms with van der Waals surface area (Å²) in [6, 6.07) is 11.4. The van der Waals surface area contributed by atoms with E-state index in [1.807, 2.05) is 0 Å². The van der Waals surface area contributed by atoms with Crippen molar-refractivity contribution in [2.75, 3.05) is 36.7 Å². The highest BCUT2D eigenvalue weighted by Gasteiger charge is 2.18. The molecule has 0 saturated heterocycles. The van der Waals surface area contributed by atoms with Crippen molar-refractivity contribution < 1.29 is 31.3 Å². The van der Waals surface area contributed by atoms with Crippen LogP contribution in [0.2, 0.25) is 0 Å². The SMILES string of the molecule is COC(=O)CCc1ccc(N(CCOS(C)(=O)=O)C(=O)Nc2ccc(C#N)c(F)c2)cc1. The maximum absolute atomic E-state index is 13.9. The number of anilines is 2. The number of hydrogen-bond acceptors (Lipinski definition) is 7. The van der Waals surface area contributed by atoms with Gasteiger partial charge in [0.05, 0.1) is 32.1 Å². The molecule has 0 atom stereocenters. The summed E-state index contributed by atoms with van der Waals surface area (Å²) >= 11 is 0. The van der Waals surface area contributed by atoms with Crippen LogP contribution in [0.3, 0.4) is 0 Å². The number of aryl methyl sites for hydroxylation is 1. The molecule has 0 radical (unpaired) electrons. The zero-order valence-electron chi connectivity index (χ0n) is 17.5. The first-order valence-electron chi connectivity index (χ1n) is 9.41. The first-order valence-corrected chi connectivity index (χ1v) is 11.2. The largest absolute Gasteiger partial charge is 0.469 e. The number of nitrogens with one attached hydrogen (secondary N) is 1. The summed E-state index contributed by atoms with van der Waals surface area (Å²) in [7, 11) is -2.40. The molecule has 0 spiro atoms. The van der Waals surface area contributed by atoms with E-state index in [1.165, 1.54) is 24.1 Å². The lowest BCUT2D eigenvalue weighted by molar-refractivity contribution is -0.140. The Balaban J connectivity index is 2.19. The van der Waals surface area contributed by atoms with E-state index in [4.69, 9.17) is 9.44 Å². The normalized spacial score (nSPS) is 10.8. The van der Waals surface area contributed by atoms with Crippen LogP contribution in [0.15, 0.2) is 42.5 Å². The van der Waals surface area contributed by atoms with E-state index in [9.17, 15) is 22.4 Å². The number of benzene rings is 2. The molecular formula is C21H22FN3O6S. The molecule has 0 aliphatic rings. The summed E-state index contributed by atoms with van der Waals surface area (Å²) in [6.07, 6.45) is 1.54. The molecule has 0 aliphatic heterocycles. The molecule has 2 amide bonds. The number of carbonyl (C=O) groups is 2. The van der Waals surface area contributed by atoms with E-state index in [2.05, 4.69) is 10.1 Å². The van der Waals surface area contributed by atoms with Gasteiger partial charge in [-0.25, -0.2) is 9.18 Å². The van der Waals surface area contributed by atoms with Crippen molar-refractivity contribution in [3.05, 3.63) is 59.4 Å². The van der Waals surface area contributed by atoms with Gasteiger partial charge in [-0.3, -0.25) is 13.9 Å². The molecule has 11 heteroatoms. The number of urea groups is 1. The van der Waals surface area contributed by atoms with Gasteiger partial charge in [0.2, 0.25) is 0 Å². The second-order valence-corrected chi connectivity index (χ2v) is 8.30. The lowest BCUT2D eigenvalue weighted by Crippen LogP contribution is -2.37. The van der Waals surface area contributed by atoms with Gasteiger partial charge in [0.1, 0.15) is 11.9 Å². The van der Waals surface area contributed by atoms with Crippen molar-refractivity contribution in [3.63, 3.8) is 0 Å². The lowest BCUT2D eigenvalue weighted by atomic mass is 10.1. The summed E-state index contributed by atoms with van der Waals surface area (Å²) in [6.45, 7) is -0.406. The van der Waals surface area contributed by atoms with E-state index in [0.29, 0.717) is 12.1 Å². The molecule has 0 aliphatic carbocycles. The second kappa shape index (κ2) is 11.2. The van der Waals surface area contributed by atoms with Crippen molar-refractivity contribution in [3.8, 4) is 6.07 Å². The molecule has 0 saturated carbocycles. The van der Waals surface area contributed by atoms with E-state index in [1.54, 1.807) is 30.3 Å². The minimum Gasteiger partial charge on any atom is -0.469 e. The summed E-state index contributed by atoms with van der Waals surface area (Å²) < 4.78 is 45.7. The van der Waals surface area contributed by atoms with Gasteiger partial charge in [0.15, 0.2) is 0 Å². The first-order chi connectivity index (χ1) is 15.1. The van der Waals surface area contributed by atoms with Gasteiger partial charge in [-0.2, -0.15) is 13.7 Å². The van der Waals surface area contributed by atoms with Crippen LogP contribution in [0, 0.1) is 17.1 Å². The molecule has 170 valence electrons. The third kappa shape index (κ3) is 7.64. The van der Waals surface area contributed by atoms with Crippen molar-refractivity contribution in [1.82, 2.24) is 0 Å². The Morgan fingerprint density at radius 3 is 2.44 bits per heavy atom. The van der Waals surface area contributed by atoms with Crippen LogP contribution in [0.1, 0.15) is 17.5 Å². The number of amides is 2. The number of esters is 1. The Morgan fingerprint density at radius 1 is 1.19 bits per heavy atom. The molecule has 1 N–H and O–H groups in total. The maximum Gasteiger partial charge on any atom is 0.326 e. The summed E-state index contributed by atoms with van der Waals surface area (Å²) in [5, 5.41) is 11.3. The molecule has 2 rings (SSSR count). The molecule has 2 aromatic carbocycles. The molecule has 0 aromatic heterocycles. The van der Waals surface area contributed by atoms with Crippen LogP contribution >= 0.6 is 0 Å². The molecule has 0 heterocycles. The summed E-state index contributed by atoms with van der Waals surface area (Å²) in [4.78, 5) is 25.4. The van der Waals surface area contributed by atoms with Gasteiger partial charge >= 0.3 is 12.0 Å². The lowest BCUT2D eigenvalue weighted by Gasteiger charge is -2.23. The number of methoxy groups -OCH3 is 1. The first kappa shape index (κ1) is 24.8. The highest BCUT2D eigenvalue weighted by atomic mass is 32.2. The fraction of sp³-hybridized carbons (Fsp3) is 0.286. The second-order valence-electron chi connectivity index (χ2n) is 6.66. The zero-order valence-corrected chi connectivity index (χ0v) is 18.3. The Bertz CT molecular complexity index is 1110. The Morgan fingerprint density at radius 2 is 1.88 bits per heavy atom. The van der Waals surface area contributed by atoms with E-state index < -0.39 is 22.0 Å². The number of nitriles is 1. The Labute approximate surface area is 185 Å². The van der Waals surface area contributed by atoms with Gasteiger partial charge in [-0.05, 0) is 42.3 Å². The molecule has 0 fully saturated rings. The van der Waals surface area contributed by atoms with Crippen LogP contribution in [-0.2, 0) is 30.3 Å². The minimum absolute atomic E-state index is 0.112. The average molecular weight is 463 g/mol. The highest BCUT2D eigenvalue weighted by Crippen LogP contribution is 2.20. The highest BCUT2D eigenvalue weighted by molar-refractivity contribution is 7.85. The molecule has 32 heavy (non-hydrogen) atoms. The standard InChI is InChI=1S/C21H22FN3O6S/c1-30-20(26)10-5-15-3-8-18(9-4-15)25(11-12-31-32(2,28)29)21(27)24-17-7-6-16(14-23)19(22)13-17/h3-4,6-9,13H,5,10-12H2,1-2H3,(H,24,27). The number of carbonyl (C=O) groups excluding carboxylic acids is 2. The fourth-order valence-electron chi connectivity index (χ4n) is 2.69. The molecule has 0 bridgehead atoms. The van der Waals surface area contributed by atoms with Crippen LogP contribution in [0.25, 0.3) is 0 Å². The van der Waals surface area contributed by atoms with Crippen LogP contribution in [0.4, 0.5) is 20.6 Å². The van der Waals surface area contributed by atoms with Gasteiger partial charge in [0, 0.05) is 17.8 Å². The predicted molar refractivity (Wildman–Crippen MR) is 115 cm³/mol. The fourth-order valence-corrected chi connectivity index (χ4v) is 3.07. The van der Waals surface area contributed by atoms with E-state index in [-0.39, 0.29) is 36.8 Å². The number of rotatable bonds is 9. The van der Waals surface area contributed by atoms with Crippen molar-refractivity contribution in [2.45, 2.75) is 12.8 Å². The van der Waals surface area contributed by atoms with Crippen molar-refractivity contribution in [2.24, 2.45) is 0 Å². The quantitative estimate of drug-likeness (QED) is 0.448. The van der Waals surface area contributed by atoms with E-state index >= 15 is 0 Å². The number of hydrogen-bond donors (Lipinski definition) is 1. The maximum atomic E-state index is 13.9.